The number of phenolic OH excluding ortho intramolecular Hbond substituents is 1. The number of carbonyl (C=O) groups excluding carboxylic acids is 1. The number of benzene rings is 1. The molecule has 1 aromatic carbocycles. The number of aromatic hydroxyl groups is 1. The van der Waals surface area contributed by atoms with Gasteiger partial charge in [0.1, 0.15) is 5.75 Å². The lowest BCUT2D eigenvalue weighted by molar-refractivity contribution is -0.120. The van der Waals surface area contributed by atoms with Crippen LogP contribution >= 0.6 is 0 Å². The molecule has 0 aliphatic carbocycles. The maximum atomic E-state index is 11.5. The van der Waals surface area contributed by atoms with E-state index in [2.05, 4.69) is 10.6 Å². The van der Waals surface area contributed by atoms with E-state index in [4.69, 9.17) is 0 Å². The lowest BCUT2D eigenvalue weighted by Crippen LogP contribution is -2.38. The van der Waals surface area contributed by atoms with Crippen LogP contribution < -0.4 is 10.6 Å². The fraction of sp³-hybridized carbons (Fsp3) is 0.500. The summed E-state index contributed by atoms with van der Waals surface area (Å²) in [6.07, 6.45) is 0. The zero-order valence-electron chi connectivity index (χ0n) is 11.4. The van der Waals surface area contributed by atoms with E-state index in [-0.39, 0.29) is 30.3 Å². The molecule has 3 N–H and O–H groups in total. The van der Waals surface area contributed by atoms with Gasteiger partial charge in [-0.15, -0.1) is 0 Å². The van der Waals surface area contributed by atoms with Crippen molar-refractivity contribution in [2.75, 3.05) is 6.54 Å². The van der Waals surface area contributed by atoms with E-state index in [1.54, 1.807) is 6.07 Å². The van der Waals surface area contributed by atoms with Crippen LogP contribution in [0.2, 0.25) is 0 Å². The molecule has 0 saturated carbocycles. The molecule has 0 aliphatic rings. The number of rotatable bonds is 5. The first-order chi connectivity index (χ1) is 8.40. The maximum Gasteiger partial charge on any atom is 0.234 e. The van der Waals surface area contributed by atoms with Crippen molar-refractivity contribution in [2.24, 2.45) is 0 Å². The SMILES string of the molecule is Cc1ccc(O)c(C(C)NCC(=O)NC(C)C)c1. The lowest BCUT2D eigenvalue weighted by atomic mass is 10.0. The Hall–Kier alpha value is -1.55. The van der Waals surface area contributed by atoms with E-state index in [1.807, 2.05) is 39.8 Å². The average Bonchev–Trinajstić information content (AvgIpc) is 2.28. The predicted octanol–water partition coefficient (Wildman–Crippen LogP) is 1.88. The summed E-state index contributed by atoms with van der Waals surface area (Å²) in [5.74, 6) is 0.217. The number of aryl methyl sites for hydroxylation is 1. The number of nitrogens with one attached hydrogen (secondary N) is 2. The molecule has 0 heterocycles. The average molecular weight is 250 g/mol. The number of hydrogen-bond donors (Lipinski definition) is 3. The maximum absolute atomic E-state index is 11.5. The zero-order chi connectivity index (χ0) is 13.7. The summed E-state index contributed by atoms with van der Waals surface area (Å²) in [6.45, 7) is 7.99. The van der Waals surface area contributed by atoms with Gasteiger partial charge in [-0.2, -0.15) is 0 Å². The Morgan fingerprint density at radius 2 is 2.00 bits per heavy atom. The molecule has 100 valence electrons. The van der Waals surface area contributed by atoms with Crippen LogP contribution in [0.1, 0.15) is 37.9 Å². The molecule has 0 saturated heterocycles. The molecule has 1 unspecified atom stereocenters. The van der Waals surface area contributed by atoms with Crippen molar-refractivity contribution in [3.8, 4) is 5.75 Å². The largest absolute Gasteiger partial charge is 0.508 e. The fourth-order valence-corrected chi connectivity index (χ4v) is 1.75. The van der Waals surface area contributed by atoms with E-state index in [1.165, 1.54) is 0 Å². The number of amides is 1. The Morgan fingerprint density at radius 3 is 2.61 bits per heavy atom. The van der Waals surface area contributed by atoms with Gasteiger partial charge in [0.25, 0.3) is 0 Å². The third-order valence-electron chi connectivity index (χ3n) is 2.67. The summed E-state index contributed by atoms with van der Waals surface area (Å²) in [6, 6.07) is 5.53. The lowest BCUT2D eigenvalue weighted by Gasteiger charge is -2.16. The van der Waals surface area contributed by atoms with Crippen LogP contribution in [0.3, 0.4) is 0 Å². The second-order valence-electron chi connectivity index (χ2n) is 4.89. The summed E-state index contributed by atoms with van der Waals surface area (Å²) >= 11 is 0. The predicted molar refractivity (Wildman–Crippen MR) is 72.5 cm³/mol. The molecule has 1 aromatic rings. The molecule has 0 aromatic heterocycles. The summed E-state index contributed by atoms with van der Waals surface area (Å²) in [5.41, 5.74) is 1.90. The van der Waals surface area contributed by atoms with Crippen LogP contribution in [0.25, 0.3) is 0 Å². The van der Waals surface area contributed by atoms with Crippen LogP contribution in [-0.2, 0) is 4.79 Å². The second kappa shape index (κ2) is 6.40. The van der Waals surface area contributed by atoms with Gasteiger partial charge in [0.15, 0.2) is 0 Å². The van der Waals surface area contributed by atoms with E-state index >= 15 is 0 Å². The molecule has 1 rings (SSSR count). The minimum Gasteiger partial charge on any atom is -0.508 e. The molecule has 4 heteroatoms. The van der Waals surface area contributed by atoms with E-state index in [0.29, 0.717) is 0 Å². The molecule has 4 nitrogen and oxygen atoms in total. The summed E-state index contributed by atoms with van der Waals surface area (Å²) in [4.78, 5) is 11.5. The van der Waals surface area contributed by atoms with Crippen LogP contribution in [0, 0.1) is 6.92 Å². The standard InChI is InChI=1S/C14H22N2O2/c1-9(2)16-14(18)8-15-11(4)12-7-10(3)5-6-13(12)17/h5-7,9,11,15,17H,8H2,1-4H3,(H,16,18). The molecule has 0 bridgehead atoms. The van der Waals surface area contributed by atoms with Gasteiger partial charge in [-0.3, -0.25) is 4.79 Å². The van der Waals surface area contributed by atoms with Crippen LogP contribution in [-0.4, -0.2) is 23.6 Å². The van der Waals surface area contributed by atoms with Gasteiger partial charge in [0.2, 0.25) is 5.91 Å². The van der Waals surface area contributed by atoms with Crippen LogP contribution in [0.4, 0.5) is 0 Å². The second-order valence-corrected chi connectivity index (χ2v) is 4.89. The molecular weight excluding hydrogens is 228 g/mol. The Bertz CT molecular complexity index is 416. The highest BCUT2D eigenvalue weighted by molar-refractivity contribution is 5.78. The highest BCUT2D eigenvalue weighted by Crippen LogP contribution is 2.24. The van der Waals surface area contributed by atoms with Crippen LogP contribution in [0.15, 0.2) is 18.2 Å². The number of hydrogen-bond acceptors (Lipinski definition) is 3. The van der Waals surface area contributed by atoms with Crippen molar-refractivity contribution in [3.05, 3.63) is 29.3 Å². The Morgan fingerprint density at radius 1 is 1.33 bits per heavy atom. The van der Waals surface area contributed by atoms with Gasteiger partial charge in [-0.25, -0.2) is 0 Å². The van der Waals surface area contributed by atoms with E-state index in [9.17, 15) is 9.90 Å². The quantitative estimate of drug-likeness (QED) is 0.747. The molecular formula is C14H22N2O2. The van der Waals surface area contributed by atoms with Gasteiger partial charge in [-0.05, 0) is 33.8 Å². The number of phenols is 1. The van der Waals surface area contributed by atoms with Gasteiger partial charge in [0.05, 0.1) is 6.54 Å². The van der Waals surface area contributed by atoms with E-state index in [0.717, 1.165) is 11.1 Å². The van der Waals surface area contributed by atoms with Crippen molar-refractivity contribution in [3.63, 3.8) is 0 Å². The Balaban J connectivity index is 2.57. The zero-order valence-corrected chi connectivity index (χ0v) is 11.4. The van der Waals surface area contributed by atoms with Gasteiger partial charge in [0, 0.05) is 17.6 Å². The topological polar surface area (TPSA) is 61.4 Å². The first-order valence-electron chi connectivity index (χ1n) is 6.22. The smallest absolute Gasteiger partial charge is 0.234 e. The van der Waals surface area contributed by atoms with Gasteiger partial charge in [-0.1, -0.05) is 17.7 Å². The van der Waals surface area contributed by atoms with Crippen molar-refractivity contribution in [1.29, 1.82) is 0 Å². The van der Waals surface area contributed by atoms with Crippen molar-refractivity contribution in [1.82, 2.24) is 10.6 Å². The molecule has 18 heavy (non-hydrogen) atoms. The molecule has 0 fully saturated rings. The number of carbonyl (C=O) groups is 1. The molecule has 1 atom stereocenters. The molecule has 0 aliphatic heterocycles. The minimum atomic E-state index is -0.0668. The third kappa shape index (κ3) is 4.37. The van der Waals surface area contributed by atoms with Crippen molar-refractivity contribution in [2.45, 2.75) is 39.8 Å². The first kappa shape index (κ1) is 14.5. The van der Waals surface area contributed by atoms with Crippen molar-refractivity contribution < 1.29 is 9.90 Å². The summed E-state index contributed by atoms with van der Waals surface area (Å²) in [5, 5.41) is 15.7. The monoisotopic (exact) mass is 250 g/mol. The van der Waals surface area contributed by atoms with Gasteiger partial charge < -0.3 is 15.7 Å². The summed E-state index contributed by atoms with van der Waals surface area (Å²) in [7, 11) is 0. The summed E-state index contributed by atoms with van der Waals surface area (Å²) < 4.78 is 0. The molecule has 1 amide bonds. The third-order valence-corrected chi connectivity index (χ3v) is 2.67. The van der Waals surface area contributed by atoms with Crippen LogP contribution in [0.5, 0.6) is 5.75 Å². The van der Waals surface area contributed by atoms with E-state index < -0.39 is 0 Å². The first-order valence-corrected chi connectivity index (χ1v) is 6.22. The molecule has 0 spiro atoms. The Labute approximate surface area is 108 Å². The highest BCUT2D eigenvalue weighted by Gasteiger charge is 2.12. The highest BCUT2D eigenvalue weighted by atomic mass is 16.3. The normalized spacial score (nSPS) is 12.5. The van der Waals surface area contributed by atoms with Crippen molar-refractivity contribution >= 4 is 5.91 Å². The Kier molecular flexibility index (Phi) is 5.16. The minimum absolute atomic E-state index is 0.0380. The van der Waals surface area contributed by atoms with Gasteiger partial charge >= 0.3 is 0 Å². The fourth-order valence-electron chi connectivity index (χ4n) is 1.75. The molecule has 0 radical (unpaired) electrons.